The molecule has 0 radical (unpaired) electrons. The summed E-state index contributed by atoms with van der Waals surface area (Å²) in [5.41, 5.74) is -0.287. The summed E-state index contributed by atoms with van der Waals surface area (Å²) in [6, 6.07) is 0. The van der Waals surface area contributed by atoms with Crippen LogP contribution in [-0.2, 0) is 14.8 Å². The molecule has 12 heavy (non-hydrogen) atoms. The second-order valence-corrected chi connectivity index (χ2v) is 4.71. The highest BCUT2D eigenvalue weighted by Gasteiger charge is 2.51. The minimum absolute atomic E-state index is 0.0255. The molecule has 1 saturated heterocycles. The van der Waals surface area contributed by atoms with Crippen LogP contribution in [0.5, 0.6) is 0 Å². The van der Waals surface area contributed by atoms with Crippen LogP contribution in [0.3, 0.4) is 0 Å². The van der Waals surface area contributed by atoms with E-state index in [4.69, 9.17) is 9.78 Å². The highest BCUT2D eigenvalue weighted by molar-refractivity contribution is 4.94. The lowest BCUT2D eigenvalue weighted by atomic mass is 9.70. The van der Waals surface area contributed by atoms with E-state index in [1.807, 2.05) is 0 Å². The zero-order chi connectivity index (χ0) is 9.41. The minimum Gasteiger partial charge on any atom is -0.203 e. The Morgan fingerprint density at radius 3 is 2.00 bits per heavy atom. The zero-order valence-corrected chi connectivity index (χ0v) is 8.51. The summed E-state index contributed by atoms with van der Waals surface area (Å²) in [7, 11) is 0. The highest BCUT2D eigenvalue weighted by Crippen LogP contribution is 2.42. The van der Waals surface area contributed by atoms with Crippen LogP contribution in [0.1, 0.15) is 34.6 Å². The molecule has 0 bridgehead atoms. The summed E-state index contributed by atoms with van der Waals surface area (Å²) in [4.78, 5) is 10.1. The molecule has 1 atom stereocenters. The van der Waals surface area contributed by atoms with Crippen molar-refractivity contribution in [2.45, 2.75) is 40.2 Å². The van der Waals surface area contributed by atoms with E-state index in [0.717, 1.165) is 0 Å². The molecule has 1 fully saturated rings. The average Bonchev–Trinajstić information content (AvgIpc) is 2.31. The largest absolute Gasteiger partial charge is 0.203 e. The zero-order valence-electron chi connectivity index (χ0n) is 8.51. The van der Waals surface area contributed by atoms with Gasteiger partial charge in [-0.25, -0.2) is 4.89 Å². The maximum absolute atomic E-state index is 5.24. The van der Waals surface area contributed by atoms with Gasteiger partial charge in [-0.1, -0.05) is 39.7 Å². The first-order chi connectivity index (χ1) is 5.40. The topological polar surface area (TPSA) is 27.7 Å². The molecule has 0 aromatic heterocycles. The van der Waals surface area contributed by atoms with E-state index in [9.17, 15) is 0 Å². The molecule has 3 heteroatoms. The standard InChI is InChI=1S/C9H18O3/c1-7(2)9(8(3,4)5)6-10-12-11-9/h7H,6H2,1-5H3. The van der Waals surface area contributed by atoms with Crippen LogP contribution in [0.15, 0.2) is 0 Å². The molecular formula is C9H18O3. The Kier molecular flexibility index (Phi) is 2.47. The molecule has 1 unspecified atom stereocenters. The molecule has 72 valence electrons. The van der Waals surface area contributed by atoms with Gasteiger partial charge in [0.2, 0.25) is 0 Å². The number of hydrogen-bond donors (Lipinski definition) is 0. The van der Waals surface area contributed by atoms with Crippen molar-refractivity contribution in [3.63, 3.8) is 0 Å². The Hall–Kier alpha value is -0.120. The minimum atomic E-state index is -0.312. The van der Waals surface area contributed by atoms with E-state index in [2.05, 4.69) is 39.7 Å². The van der Waals surface area contributed by atoms with Gasteiger partial charge in [0.05, 0.1) is 0 Å². The Bertz CT molecular complexity index is 152. The highest BCUT2D eigenvalue weighted by atomic mass is 17.5. The summed E-state index contributed by atoms with van der Waals surface area (Å²) < 4.78 is 0. The Labute approximate surface area is 73.9 Å². The molecule has 0 N–H and O–H groups in total. The maximum atomic E-state index is 5.24. The molecule has 3 nitrogen and oxygen atoms in total. The normalized spacial score (nSPS) is 31.5. The van der Waals surface area contributed by atoms with Crippen LogP contribution in [-0.4, -0.2) is 12.2 Å². The van der Waals surface area contributed by atoms with Gasteiger partial charge < -0.3 is 0 Å². The van der Waals surface area contributed by atoms with Crippen molar-refractivity contribution in [3.05, 3.63) is 0 Å². The smallest absolute Gasteiger partial charge is 0.140 e. The third-order valence-electron chi connectivity index (χ3n) is 2.71. The van der Waals surface area contributed by atoms with Gasteiger partial charge >= 0.3 is 0 Å². The van der Waals surface area contributed by atoms with Crippen molar-refractivity contribution in [3.8, 4) is 0 Å². The van der Waals surface area contributed by atoms with Crippen molar-refractivity contribution in [1.29, 1.82) is 0 Å². The van der Waals surface area contributed by atoms with Crippen LogP contribution < -0.4 is 0 Å². The first-order valence-electron chi connectivity index (χ1n) is 4.37. The van der Waals surface area contributed by atoms with Crippen LogP contribution in [0, 0.1) is 11.3 Å². The van der Waals surface area contributed by atoms with Crippen molar-refractivity contribution in [2.75, 3.05) is 6.61 Å². The molecule has 0 saturated carbocycles. The Morgan fingerprint density at radius 2 is 1.83 bits per heavy atom. The van der Waals surface area contributed by atoms with E-state index in [-0.39, 0.29) is 11.0 Å². The first-order valence-corrected chi connectivity index (χ1v) is 4.37. The van der Waals surface area contributed by atoms with Gasteiger partial charge in [0.1, 0.15) is 12.2 Å². The summed E-state index contributed by atoms with van der Waals surface area (Å²) >= 11 is 0. The molecule has 0 spiro atoms. The van der Waals surface area contributed by atoms with Gasteiger partial charge in [-0.05, 0) is 11.3 Å². The third kappa shape index (κ3) is 1.37. The summed E-state index contributed by atoms with van der Waals surface area (Å²) in [5.74, 6) is 0.375. The van der Waals surface area contributed by atoms with E-state index in [0.29, 0.717) is 12.5 Å². The van der Waals surface area contributed by atoms with Gasteiger partial charge in [0, 0.05) is 0 Å². The van der Waals surface area contributed by atoms with Crippen molar-refractivity contribution in [2.24, 2.45) is 11.3 Å². The van der Waals surface area contributed by atoms with E-state index in [1.165, 1.54) is 0 Å². The predicted octanol–water partition coefficient (Wildman–Crippen LogP) is 2.32. The summed E-state index contributed by atoms with van der Waals surface area (Å²) in [5, 5.41) is 4.55. The molecule has 1 rings (SSSR count). The number of rotatable bonds is 1. The fraction of sp³-hybridized carbons (Fsp3) is 1.00. The first kappa shape index (κ1) is 9.96. The third-order valence-corrected chi connectivity index (χ3v) is 2.71. The van der Waals surface area contributed by atoms with E-state index < -0.39 is 0 Å². The number of hydrogen-bond acceptors (Lipinski definition) is 3. The molecule has 0 aromatic carbocycles. The van der Waals surface area contributed by atoms with Gasteiger partial charge in [0.25, 0.3) is 0 Å². The quantitative estimate of drug-likeness (QED) is 0.571. The molecule has 0 aromatic rings. The summed E-state index contributed by atoms with van der Waals surface area (Å²) in [6.07, 6.45) is 0. The molecule has 1 aliphatic heterocycles. The molecule has 1 aliphatic rings. The fourth-order valence-corrected chi connectivity index (χ4v) is 1.69. The molecular weight excluding hydrogens is 156 g/mol. The Balaban J connectivity index is 2.87. The average molecular weight is 174 g/mol. The van der Waals surface area contributed by atoms with Crippen molar-refractivity contribution in [1.82, 2.24) is 0 Å². The monoisotopic (exact) mass is 174 g/mol. The second-order valence-electron chi connectivity index (χ2n) is 4.71. The van der Waals surface area contributed by atoms with Crippen LogP contribution in [0.25, 0.3) is 0 Å². The van der Waals surface area contributed by atoms with Crippen LogP contribution in [0.2, 0.25) is 0 Å². The summed E-state index contributed by atoms with van der Waals surface area (Å²) in [6.45, 7) is 11.1. The van der Waals surface area contributed by atoms with Crippen molar-refractivity contribution < 1.29 is 14.8 Å². The van der Waals surface area contributed by atoms with E-state index in [1.54, 1.807) is 0 Å². The van der Waals surface area contributed by atoms with Crippen LogP contribution in [0.4, 0.5) is 0 Å². The van der Waals surface area contributed by atoms with Crippen molar-refractivity contribution >= 4 is 0 Å². The lowest BCUT2D eigenvalue weighted by molar-refractivity contribution is -0.478. The van der Waals surface area contributed by atoms with Gasteiger partial charge in [-0.2, -0.15) is 4.89 Å². The van der Waals surface area contributed by atoms with Gasteiger partial charge in [0.15, 0.2) is 0 Å². The Morgan fingerprint density at radius 1 is 1.25 bits per heavy atom. The maximum Gasteiger partial charge on any atom is 0.140 e. The second kappa shape index (κ2) is 2.98. The lowest BCUT2D eigenvalue weighted by Gasteiger charge is -2.39. The molecule has 1 heterocycles. The SMILES string of the molecule is CC(C)C1(C(C)(C)C)COOO1. The lowest BCUT2D eigenvalue weighted by Crippen LogP contribution is -2.49. The molecule has 0 aliphatic carbocycles. The fourth-order valence-electron chi connectivity index (χ4n) is 1.69. The molecule has 0 amide bonds. The van der Waals surface area contributed by atoms with E-state index >= 15 is 0 Å². The predicted molar refractivity (Wildman–Crippen MR) is 45.1 cm³/mol. The van der Waals surface area contributed by atoms with Gasteiger partial charge in [-0.3, -0.25) is 0 Å². The van der Waals surface area contributed by atoms with Gasteiger partial charge in [-0.15, -0.1) is 0 Å². The van der Waals surface area contributed by atoms with Crippen LogP contribution >= 0.6 is 0 Å².